The molecule has 3 saturated heterocycles. The summed E-state index contributed by atoms with van der Waals surface area (Å²) in [6, 6.07) is 15.5. The van der Waals surface area contributed by atoms with Crippen LogP contribution in [0.15, 0.2) is 86.0 Å². The minimum Gasteiger partial charge on any atom is -0.455 e. The number of hydrogen-bond acceptors (Lipinski definition) is 8. The van der Waals surface area contributed by atoms with Gasteiger partial charge in [0.2, 0.25) is 17.7 Å². The lowest BCUT2D eigenvalue weighted by Crippen LogP contribution is -2.57. The number of carbonyl (C=O) groups is 4. The Hall–Kier alpha value is -4.32. The molecule has 3 heterocycles. The van der Waals surface area contributed by atoms with Gasteiger partial charge in [0.05, 0.1) is 43.2 Å². The molecule has 3 fully saturated rings. The van der Waals surface area contributed by atoms with Crippen molar-refractivity contribution in [2.24, 2.45) is 11.8 Å². The maximum absolute atomic E-state index is 14.9. The number of amides is 3. The van der Waals surface area contributed by atoms with Crippen molar-refractivity contribution < 1.29 is 38.5 Å². The number of fused-ring (bicyclic) bond motifs is 1. The lowest BCUT2D eigenvalue weighted by Gasteiger charge is -2.39. The number of aliphatic hydroxyl groups is 1. The summed E-state index contributed by atoms with van der Waals surface area (Å²) in [5.74, 6) is -3.67. The van der Waals surface area contributed by atoms with E-state index in [2.05, 4.69) is 18.5 Å². The molecule has 8 atom stereocenters. The highest BCUT2D eigenvalue weighted by molar-refractivity contribution is 5.98. The van der Waals surface area contributed by atoms with E-state index in [1.54, 1.807) is 17.1 Å². The van der Waals surface area contributed by atoms with Gasteiger partial charge in [-0.2, -0.15) is 0 Å². The second kappa shape index (κ2) is 17.3. The first kappa shape index (κ1) is 37.9. The summed E-state index contributed by atoms with van der Waals surface area (Å²) in [7, 11) is 1.50. The molecule has 3 aliphatic heterocycles. The average molecular weight is 702 g/mol. The fourth-order valence-corrected chi connectivity index (χ4v) is 8.10. The van der Waals surface area contributed by atoms with Gasteiger partial charge < -0.3 is 34.4 Å². The summed E-state index contributed by atoms with van der Waals surface area (Å²) in [4.78, 5) is 60.1. The molecule has 2 bridgehead atoms. The Morgan fingerprint density at radius 3 is 2.39 bits per heavy atom. The van der Waals surface area contributed by atoms with Crippen LogP contribution >= 0.6 is 0 Å². The van der Waals surface area contributed by atoms with Gasteiger partial charge in [0.15, 0.2) is 0 Å². The Labute approximate surface area is 300 Å². The molecule has 0 unspecified atom stereocenters. The zero-order valence-electron chi connectivity index (χ0n) is 29.7. The highest BCUT2D eigenvalue weighted by atomic mass is 16.6. The van der Waals surface area contributed by atoms with E-state index < -0.39 is 66.3 Å². The number of nitrogens with zero attached hydrogens (tertiary/aromatic N) is 2. The van der Waals surface area contributed by atoms with E-state index in [-0.39, 0.29) is 31.4 Å². The molecule has 11 nitrogen and oxygen atoms in total. The van der Waals surface area contributed by atoms with Gasteiger partial charge in [-0.25, -0.2) is 0 Å². The van der Waals surface area contributed by atoms with Crippen molar-refractivity contribution >= 4 is 23.7 Å². The molecule has 11 heteroatoms. The topological polar surface area (TPSA) is 135 Å². The fourth-order valence-electron chi connectivity index (χ4n) is 8.10. The number of rotatable bonds is 19. The molecule has 0 saturated carbocycles. The van der Waals surface area contributed by atoms with Crippen LogP contribution in [0, 0.1) is 11.8 Å². The molecular formula is C40H51N3O8. The van der Waals surface area contributed by atoms with Crippen molar-refractivity contribution in [1.82, 2.24) is 15.1 Å². The van der Waals surface area contributed by atoms with Crippen LogP contribution in [0.1, 0.15) is 68.7 Å². The number of esters is 1. The summed E-state index contributed by atoms with van der Waals surface area (Å²) in [5, 5.41) is 13.8. The third-order valence-corrected chi connectivity index (χ3v) is 10.4. The molecule has 274 valence electrons. The standard InChI is InChI=1S/C40H51N3O8/c1-5-8-20-32(45)41-29(26-49-4)35(28-18-14-11-15-19-28)50-39(48)33-31-21-22-40(51-31)34(33)37(46)43(30(25-44)27-16-12-10-13-17-27)36(40)38(47)42(23-7-3)24-9-6-2/h5,7,10-19,29-31,33-36,44H,1,3,6,8-9,20-26H2,2,4H3,(H,41,45)/t29-,30+,31-,33+,34+,35-,36-,40+/m0/s1. The van der Waals surface area contributed by atoms with Crippen LogP contribution < -0.4 is 5.32 Å². The molecule has 0 aliphatic carbocycles. The maximum Gasteiger partial charge on any atom is 0.313 e. The molecule has 2 aromatic carbocycles. The van der Waals surface area contributed by atoms with Crippen molar-refractivity contribution in [3.63, 3.8) is 0 Å². The van der Waals surface area contributed by atoms with Gasteiger partial charge in [-0.1, -0.05) is 86.2 Å². The van der Waals surface area contributed by atoms with Gasteiger partial charge in [0, 0.05) is 26.6 Å². The first-order chi connectivity index (χ1) is 24.8. The Morgan fingerprint density at radius 1 is 1.10 bits per heavy atom. The van der Waals surface area contributed by atoms with E-state index in [4.69, 9.17) is 14.2 Å². The van der Waals surface area contributed by atoms with E-state index in [0.717, 1.165) is 12.8 Å². The number of carbonyl (C=O) groups excluding carboxylic acids is 4. The number of hydrogen-bond donors (Lipinski definition) is 2. The van der Waals surface area contributed by atoms with Gasteiger partial charge in [-0.05, 0) is 36.8 Å². The highest BCUT2D eigenvalue weighted by Gasteiger charge is 2.76. The number of unbranched alkanes of at least 4 members (excludes halogenated alkanes) is 1. The average Bonchev–Trinajstić information content (AvgIpc) is 3.79. The lowest BCUT2D eigenvalue weighted by molar-refractivity contribution is -0.163. The van der Waals surface area contributed by atoms with E-state index in [9.17, 15) is 24.3 Å². The number of allylic oxidation sites excluding steroid dienone is 1. The fraction of sp³-hybridized carbons (Fsp3) is 0.500. The zero-order chi connectivity index (χ0) is 36.5. The van der Waals surface area contributed by atoms with Crippen LogP contribution in [0.5, 0.6) is 0 Å². The van der Waals surface area contributed by atoms with Crippen molar-refractivity contribution in [3.8, 4) is 0 Å². The third-order valence-electron chi connectivity index (χ3n) is 10.4. The van der Waals surface area contributed by atoms with Gasteiger partial charge in [0.25, 0.3) is 0 Å². The molecule has 5 rings (SSSR count). The first-order valence-electron chi connectivity index (χ1n) is 18.0. The Kier molecular flexibility index (Phi) is 12.8. The quantitative estimate of drug-likeness (QED) is 0.164. The number of nitrogens with one attached hydrogen (secondary N) is 1. The minimum atomic E-state index is -1.30. The Morgan fingerprint density at radius 2 is 1.78 bits per heavy atom. The second-order valence-electron chi connectivity index (χ2n) is 13.6. The van der Waals surface area contributed by atoms with Gasteiger partial charge in [0.1, 0.15) is 17.7 Å². The molecule has 2 N–H and O–H groups in total. The van der Waals surface area contributed by atoms with Crippen LogP contribution in [0.4, 0.5) is 0 Å². The molecule has 0 radical (unpaired) electrons. The molecule has 51 heavy (non-hydrogen) atoms. The third kappa shape index (κ3) is 7.66. The minimum absolute atomic E-state index is 0.0556. The van der Waals surface area contributed by atoms with Crippen molar-refractivity contribution in [3.05, 3.63) is 97.1 Å². The highest BCUT2D eigenvalue weighted by Crippen LogP contribution is 2.60. The SMILES string of the molecule is C=CCCC(=O)N[C@@H](COC)[C@@H](OC(=O)[C@@H]1[C@@H]2CC[C@]3(O2)[C@H](C(=O)N(CC=C)CCCC)N([C@H](CO)c2ccccc2)C(=O)[C@@H]13)c1ccccc1. The van der Waals surface area contributed by atoms with E-state index in [1.165, 1.54) is 12.0 Å². The van der Waals surface area contributed by atoms with E-state index in [0.29, 0.717) is 36.9 Å². The summed E-state index contributed by atoms with van der Waals surface area (Å²) in [6.45, 7) is 9.96. The number of aliphatic hydroxyl groups excluding tert-OH is 1. The maximum atomic E-state index is 14.9. The van der Waals surface area contributed by atoms with Crippen molar-refractivity contribution in [2.45, 2.75) is 81.4 Å². The monoisotopic (exact) mass is 701 g/mol. The summed E-state index contributed by atoms with van der Waals surface area (Å²) >= 11 is 0. The predicted octanol–water partition coefficient (Wildman–Crippen LogP) is 4.29. The lowest BCUT2D eigenvalue weighted by atomic mass is 9.70. The normalized spacial score (nSPS) is 25.1. The number of methoxy groups -OCH3 is 1. The van der Waals surface area contributed by atoms with E-state index >= 15 is 0 Å². The van der Waals surface area contributed by atoms with Crippen LogP contribution in [0.25, 0.3) is 0 Å². The van der Waals surface area contributed by atoms with Crippen LogP contribution in [-0.4, -0.2) is 95.8 Å². The molecule has 2 aromatic rings. The molecule has 0 aromatic heterocycles. The van der Waals surface area contributed by atoms with E-state index in [1.807, 2.05) is 67.6 Å². The predicted molar refractivity (Wildman–Crippen MR) is 191 cm³/mol. The van der Waals surface area contributed by atoms with Gasteiger partial charge >= 0.3 is 5.97 Å². The summed E-state index contributed by atoms with van der Waals surface area (Å²) in [6.07, 6.45) is 4.85. The smallest absolute Gasteiger partial charge is 0.313 e. The zero-order valence-corrected chi connectivity index (χ0v) is 29.7. The Bertz CT molecular complexity index is 1540. The van der Waals surface area contributed by atoms with Gasteiger partial charge in [-0.3, -0.25) is 19.2 Å². The molecule has 1 spiro atoms. The largest absolute Gasteiger partial charge is 0.455 e. The number of likely N-dealkylation sites (tertiary alicyclic amines) is 1. The number of benzene rings is 2. The molecular weight excluding hydrogens is 650 g/mol. The summed E-state index contributed by atoms with van der Waals surface area (Å²) < 4.78 is 18.5. The summed E-state index contributed by atoms with van der Waals surface area (Å²) in [5.41, 5.74) is 0.00556. The van der Waals surface area contributed by atoms with Crippen LogP contribution in [0.2, 0.25) is 0 Å². The van der Waals surface area contributed by atoms with Crippen molar-refractivity contribution in [1.29, 1.82) is 0 Å². The van der Waals surface area contributed by atoms with Crippen LogP contribution in [0.3, 0.4) is 0 Å². The second-order valence-corrected chi connectivity index (χ2v) is 13.6. The Balaban J connectivity index is 1.53. The van der Waals surface area contributed by atoms with Crippen molar-refractivity contribution in [2.75, 3.05) is 33.4 Å². The first-order valence-corrected chi connectivity index (χ1v) is 18.0. The molecule has 3 aliphatic rings. The van der Waals surface area contributed by atoms with Crippen LogP contribution in [-0.2, 0) is 33.4 Å². The number of ether oxygens (including phenoxy) is 3. The van der Waals surface area contributed by atoms with Gasteiger partial charge in [-0.15, -0.1) is 13.2 Å². The molecule has 3 amide bonds.